The summed E-state index contributed by atoms with van der Waals surface area (Å²) in [5.74, 6) is 0. The van der Waals surface area contributed by atoms with Crippen LogP contribution in [0.2, 0.25) is 90.1 Å². The van der Waals surface area contributed by atoms with Crippen LogP contribution in [0.15, 0.2) is 0 Å². The molecule has 0 atom stereocenters. The van der Waals surface area contributed by atoms with Gasteiger partial charge in [-0.25, -0.2) is 0 Å². The Hall–Kier alpha value is 0.924. The van der Waals surface area contributed by atoms with E-state index in [1.807, 2.05) is 0 Å². The Morgan fingerprint density at radius 3 is 1.37 bits per heavy atom. The van der Waals surface area contributed by atoms with Gasteiger partial charge in [0.25, 0.3) is 0 Å². The SMILES string of the molecule is CO[Si](C)(CC[Si](C)(C)O[Si](C)(C)CCCN([Si](C)(C)C)[Si](C)(C)C)OC. The zero-order valence-corrected chi connectivity index (χ0v) is 25.7. The van der Waals surface area contributed by atoms with E-state index >= 15 is 0 Å². The van der Waals surface area contributed by atoms with Gasteiger partial charge in [0.2, 0.25) is 0 Å². The van der Waals surface area contributed by atoms with Crippen LogP contribution in [0.25, 0.3) is 0 Å². The third-order valence-electron chi connectivity index (χ3n) is 5.38. The van der Waals surface area contributed by atoms with Gasteiger partial charge in [-0.1, -0.05) is 39.3 Å². The molecule has 0 heterocycles. The fourth-order valence-electron chi connectivity index (χ4n) is 4.01. The largest absolute Gasteiger partial charge is 0.456 e. The molecule has 9 heteroatoms. The maximum absolute atomic E-state index is 6.86. The second-order valence-corrected chi connectivity index (χ2v) is 33.9. The van der Waals surface area contributed by atoms with Crippen molar-refractivity contribution in [3.05, 3.63) is 0 Å². The molecule has 164 valence electrons. The molecule has 0 aromatic rings. The van der Waals surface area contributed by atoms with Crippen LogP contribution in [0.4, 0.5) is 0 Å². The fourth-order valence-corrected chi connectivity index (χ4v) is 26.3. The average molecular weight is 468 g/mol. The summed E-state index contributed by atoms with van der Waals surface area (Å²) in [7, 11) is -4.26. The summed E-state index contributed by atoms with van der Waals surface area (Å²) in [6.45, 7) is 27.9. The van der Waals surface area contributed by atoms with Gasteiger partial charge in [-0.3, -0.25) is 0 Å². The molecule has 0 fully saturated rings. The van der Waals surface area contributed by atoms with Crippen LogP contribution in [-0.2, 0) is 13.0 Å². The standard InChI is InChI=1S/C18H49NO3Si5/c1-20-27(13,21-2)18-17-26(11,12)22-25(9,10)16-14-15-19(23(3,4)5)24(6,7)8/h14-18H2,1-13H3. The molecule has 0 radical (unpaired) electrons. The van der Waals surface area contributed by atoms with Gasteiger partial charge >= 0.3 is 8.56 Å². The predicted molar refractivity (Wildman–Crippen MR) is 134 cm³/mol. The Morgan fingerprint density at radius 2 is 1.00 bits per heavy atom. The highest BCUT2D eigenvalue weighted by Gasteiger charge is 2.38. The maximum atomic E-state index is 6.86. The molecule has 0 aromatic heterocycles. The van der Waals surface area contributed by atoms with Gasteiger partial charge < -0.3 is 17.2 Å². The molecule has 0 aliphatic rings. The molecule has 0 N–H and O–H groups in total. The van der Waals surface area contributed by atoms with Crippen LogP contribution in [0.3, 0.4) is 0 Å². The smallest absolute Gasteiger partial charge is 0.334 e. The number of hydrogen-bond donors (Lipinski definition) is 0. The van der Waals surface area contributed by atoms with Crippen molar-refractivity contribution in [3.63, 3.8) is 0 Å². The van der Waals surface area contributed by atoms with Crippen molar-refractivity contribution >= 4 is 41.7 Å². The Kier molecular flexibility index (Phi) is 10.6. The van der Waals surface area contributed by atoms with Crippen molar-refractivity contribution in [2.75, 3.05) is 20.8 Å². The van der Waals surface area contributed by atoms with E-state index in [9.17, 15) is 0 Å². The van der Waals surface area contributed by atoms with Crippen LogP contribution in [-0.4, -0.2) is 66.7 Å². The van der Waals surface area contributed by atoms with Gasteiger partial charge in [-0.2, -0.15) is 0 Å². The molecule has 4 nitrogen and oxygen atoms in total. The Balaban J connectivity index is 4.74. The van der Waals surface area contributed by atoms with Crippen molar-refractivity contribution in [1.29, 1.82) is 0 Å². The highest BCUT2D eigenvalue weighted by molar-refractivity contribution is 6.89. The van der Waals surface area contributed by atoms with Crippen molar-refractivity contribution in [2.45, 2.75) is 96.6 Å². The van der Waals surface area contributed by atoms with E-state index in [1.54, 1.807) is 14.2 Å². The van der Waals surface area contributed by atoms with Crippen LogP contribution >= 0.6 is 0 Å². The Bertz CT molecular complexity index is 429. The Labute approximate surface area is 176 Å². The lowest BCUT2D eigenvalue weighted by molar-refractivity contribution is 0.250. The topological polar surface area (TPSA) is 30.9 Å². The molecule has 0 saturated heterocycles. The van der Waals surface area contributed by atoms with E-state index in [0.717, 1.165) is 12.1 Å². The zero-order chi connectivity index (χ0) is 21.7. The first-order chi connectivity index (χ1) is 11.9. The first-order valence-electron chi connectivity index (χ1n) is 10.5. The lowest BCUT2D eigenvalue weighted by Crippen LogP contribution is -2.59. The van der Waals surface area contributed by atoms with E-state index in [-0.39, 0.29) is 0 Å². The van der Waals surface area contributed by atoms with E-state index in [4.69, 9.17) is 13.0 Å². The van der Waals surface area contributed by atoms with Crippen LogP contribution in [0.1, 0.15) is 6.42 Å². The predicted octanol–water partition coefficient (Wildman–Crippen LogP) is 6.14. The minimum absolute atomic E-state index is 1.03. The summed E-state index contributed by atoms with van der Waals surface area (Å²) in [6.07, 6.45) is 1.28. The molecular formula is C18H49NO3Si5. The van der Waals surface area contributed by atoms with Crippen molar-refractivity contribution in [2.24, 2.45) is 0 Å². The van der Waals surface area contributed by atoms with Gasteiger partial charge in [0, 0.05) is 14.2 Å². The lowest BCUT2D eigenvalue weighted by atomic mass is 10.5. The average Bonchev–Trinajstić information content (AvgIpc) is 2.45. The monoisotopic (exact) mass is 467 g/mol. The second kappa shape index (κ2) is 10.3. The minimum Gasteiger partial charge on any atom is -0.456 e. The molecular weight excluding hydrogens is 419 g/mol. The number of hydrogen-bond acceptors (Lipinski definition) is 4. The lowest BCUT2D eigenvalue weighted by Gasteiger charge is -2.44. The van der Waals surface area contributed by atoms with E-state index < -0.39 is 41.7 Å². The molecule has 0 saturated carbocycles. The summed E-state index contributed by atoms with van der Waals surface area (Å²) in [5, 5.41) is 0. The summed E-state index contributed by atoms with van der Waals surface area (Å²) in [4.78, 5) is 0. The van der Waals surface area contributed by atoms with Crippen LogP contribution in [0.5, 0.6) is 0 Å². The Morgan fingerprint density at radius 1 is 0.593 bits per heavy atom. The van der Waals surface area contributed by atoms with Crippen molar-refractivity contribution in [1.82, 2.24) is 4.23 Å². The zero-order valence-electron chi connectivity index (χ0n) is 20.7. The summed E-state index contributed by atoms with van der Waals surface area (Å²) in [5.41, 5.74) is 0. The third-order valence-corrected chi connectivity index (χ3v) is 23.9. The highest BCUT2D eigenvalue weighted by atomic mass is 28.4. The van der Waals surface area contributed by atoms with Crippen LogP contribution in [0, 0.1) is 0 Å². The van der Waals surface area contributed by atoms with Gasteiger partial charge in [-0.05, 0) is 63.8 Å². The first-order valence-corrected chi connectivity index (χ1v) is 26.1. The number of rotatable bonds is 13. The highest BCUT2D eigenvalue weighted by Crippen LogP contribution is 2.28. The van der Waals surface area contributed by atoms with Crippen LogP contribution < -0.4 is 0 Å². The molecule has 0 unspecified atom stereocenters. The molecule has 0 aliphatic heterocycles. The quantitative estimate of drug-likeness (QED) is 0.304. The maximum Gasteiger partial charge on any atom is 0.334 e. The fraction of sp³-hybridized carbons (Fsp3) is 1.00. The molecule has 0 aromatic carbocycles. The first kappa shape index (κ1) is 27.9. The second-order valence-electron chi connectivity index (χ2n) is 11.3. The van der Waals surface area contributed by atoms with E-state index in [2.05, 4.69) is 76.2 Å². The minimum atomic E-state index is -1.99. The molecule has 0 spiro atoms. The summed E-state index contributed by atoms with van der Waals surface area (Å²) in [6, 6.07) is 3.42. The van der Waals surface area contributed by atoms with Gasteiger partial charge in [0.15, 0.2) is 16.6 Å². The molecule has 0 bridgehead atoms. The van der Waals surface area contributed by atoms with Gasteiger partial charge in [0.1, 0.15) is 16.5 Å². The normalized spacial score (nSPS) is 14.9. The van der Waals surface area contributed by atoms with Gasteiger partial charge in [0.05, 0.1) is 0 Å². The van der Waals surface area contributed by atoms with Crippen molar-refractivity contribution < 1.29 is 13.0 Å². The molecule has 0 aliphatic carbocycles. The third kappa shape index (κ3) is 11.0. The summed E-state index contributed by atoms with van der Waals surface area (Å²) >= 11 is 0. The van der Waals surface area contributed by atoms with Gasteiger partial charge in [-0.15, -0.1) is 0 Å². The molecule has 0 amide bonds. The van der Waals surface area contributed by atoms with E-state index in [1.165, 1.54) is 19.0 Å². The van der Waals surface area contributed by atoms with E-state index in [0.29, 0.717) is 0 Å². The molecule has 0 rings (SSSR count). The molecule has 27 heavy (non-hydrogen) atoms. The summed E-state index contributed by atoms with van der Waals surface area (Å²) < 4.78 is 21.1. The number of nitrogens with zero attached hydrogens (tertiary/aromatic N) is 1. The van der Waals surface area contributed by atoms with Crippen molar-refractivity contribution in [3.8, 4) is 0 Å².